The van der Waals surface area contributed by atoms with Crippen molar-refractivity contribution in [3.8, 4) is 6.07 Å². The Hall–Kier alpha value is -3.56. The third-order valence-electron chi connectivity index (χ3n) is 6.12. The van der Waals surface area contributed by atoms with Gasteiger partial charge in [-0.15, -0.1) is 10.2 Å². The number of hydrogen-bond donors (Lipinski definition) is 0. The fourth-order valence-corrected chi connectivity index (χ4v) is 4.19. The number of hydrogen-bond acceptors (Lipinski definition) is 5. The second kappa shape index (κ2) is 12.1. The van der Waals surface area contributed by atoms with Gasteiger partial charge in [0, 0.05) is 11.9 Å². The van der Waals surface area contributed by atoms with Gasteiger partial charge in [-0.25, -0.2) is 0 Å². The van der Waals surface area contributed by atoms with Gasteiger partial charge < -0.3 is 4.57 Å². The molecule has 34 heavy (non-hydrogen) atoms. The van der Waals surface area contributed by atoms with Gasteiger partial charge in [-0.2, -0.15) is 5.26 Å². The number of rotatable bonds is 12. The standard InChI is InChI=1S/C28H32N6/c1-2-3-4-5-8-17-33(20-26-16-15-25-9-6-7-10-27(25)31-26)21-28-32-30-22-34(28)19-24-13-11-23(18-29)12-14-24/h6-7,9-16,22H,2-5,8,17,19-21H2,1H3. The molecule has 0 aliphatic carbocycles. The van der Waals surface area contributed by atoms with Gasteiger partial charge in [0.25, 0.3) is 0 Å². The van der Waals surface area contributed by atoms with Crippen LogP contribution in [0.3, 0.4) is 0 Å². The highest BCUT2D eigenvalue weighted by atomic mass is 15.3. The monoisotopic (exact) mass is 452 g/mol. The SMILES string of the molecule is CCCCCCCN(Cc1ccc2ccccc2n1)Cc1nncn1Cc1ccc(C#N)cc1. The summed E-state index contributed by atoms with van der Waals surface area (Å²) in [5.74, 6) is 0.943. The summed E-state index contributed by atoms with van der Waals surface area (Å²) in [4.78, 5) is 7.33. The van der Waals surface area contributed by atoms with E-state index in [9.17, 15) is 0 Å². The molecule has 2 aromatic heterocycles. The molecule has 4 aromatic rings. The lowest BCUT2D eigenvalue weighted by Gasteiger charge is -2.22. The number of nitrogens with zero attached hydrogens (tertiary/aromatic N) is 6. The normalized spacial score (nSPS) is 11.2. The van der Waals surface area contributed by atoms with Crippen molar-refractivity contribution < 1.29 is 0 Å². The van der Waals surface area contributed by atoms with Gasteiger partial charge in [0.05, 0.1) is 35.9 Å². The molecule has 0 spiro atoms. The summed E-state index contributed by atoms with van der Waals surface area (Å²) in [6.07, 6.45) is 8.04. The van der Waals surface area contributed by atoms with Crippen LogP contribution < -0.4 is 0 Å². The highest BCUT2D eigenvalue weighted by Gasteiger charge is 2.13. The maximum Gasteiger partial charge on any atom is 0.147 e. The van der Waals surface area contributed by atoms with Crippen LogP contribution >= 0.6 is 0 Å². The van der Waals surface area contributed by atoms with Crippen molar-refractivity contribution in [1.29, 1.82) is 5.26 Å². The Morgan fingerprint density at radius 3 is 2.56 bits per heavy atom. The van der Waals surface area contributed by atoms with E-state index in [4.69, 9.17) is 10.2 Å². The third-order valence-corrected chi connectivity index (χ3v) is 6.12. The second-order valence-corrected chi connectivity index (χ2v) is 8.80. The molecule has 6 nitrogen and oxygen atoms in total. The molecular formula is C28H32N6. The van der Waals surface area contributed by atoms with Gasteiger partial charge in [-0.1, -0.05) is 69.0 Å². The molecule has 0 amide bonds. The Morgan fingerprint density at radius 1 is 0.912 bits per heavy atom. The average Bonchev–Trinajstić information content (AvgIpc) is 3.30. The van der Waals surface area contributed by atoms with Crippen LogP contribution in [0.1, 0.15) is 61.7 Å². The number of aromatic nitrogens is 4. The van der Waals surface area contributed by atoms with E-state index in [2.05, 4.69) is 56.9 Å². The fraction of sp³-hybridized carbons (Fsp3) is 0.357. The molecule has 0 saturated heterocycles. The van der Waals surface area contributed by atoms with Crippen LogP contribution in [0.5, 0.6) is 0 Å². The Balaban J connectivity index is 1.47. The Kier molecular flexibility index (Phi) is 8.37. The van der Waals surface area contributed by atoms with Crippen LogP contribution in [-0.2, 0) is 19.6 Å². The van der Waals surface area contributed by atoms with E-state index in [0.717, 1.165) is 48.7 Å². The van der Waals surface area contributed by atoms with Crippen LogP contribution in [0.4, 0.5) is 0 Å². The van der Waals surface area contributed by atoms with Crippen molar-refractivity contribution >= 4 is 10.9 Å². The van der Waals surface area contributed by atoms with Crippen LogP contribution in [0, 0.1) is 11.3 Å². The molecule has 0 bridgehead atoms. The van der Waals surface area contributed by atoms with Gasteiger partial charge in [0.15, 0.2) is 0 Å². The van der Waals surface area contributed by atoms with Crippen molar-refractivity contribution in [2.45, 2.75) is 58.7 Å². The first kappa shape index (κ1) is 23.6. The maximum absolute atomic E-state index is 9.04. The Morgan fingerprint density at radius 2 is 1.74 bits per heavy atom. The molecule has 0 saturated carbocycles. The highest BCUT2D eigenvalue weighted by molar-refractivity contribution is 5.78. The van der Waals surface area contributed by atoms with E-state index in [-0.39, 0.29) is 0 Å². The maximum atomic E-state index is 9.04. The molecule has 6 heteroatoms. The lowest BCUT2D eigenvalue weighted by molar-refractivity contribution is 0.238. The minimum atomic E-state index is 0.671. The topological polar surface area (TPSA) is 70.6 Å². The number of benzene rings is 2. The van der Waals surface area contributed by atoms with Crippen molar-refractivity contribution in [1.82, 2.24) is 24.6 Å². The summed E-state index contributed by atoms with van der Waals surface area (Å²) in [6.45, 7) is 5.44. The molecule has 4 rings (SSSR count). The second-order valence-electron chi connectivity index (χ2n) is 8.80. The predicted molar refractivity (Wildman–Crippen MR) is 135 cm³/mol. The van der Waals surface area contributed by atoms with Gasteiger partial charge >= 0.3 is 0 Å². The molecule has 0 aliphatic rings. The van der Waals surface area contributed by atoms with E-state index in [1.807, 2.05) is 36.4 Å². The van der Waals surface area contributed by atoms with Crippen LogP contribution in [0.15, 0.2) is 67.0 Å². The van der Waals surface area contributed by atoms with E-state index in [0.29, 0.717) is 12.1 Å². The van der Waals surface area contributed by atoms with Gasteiger partial charge in [-0.05, 0) is 42.8 Å². The molecule has 0 fully saturated rings. The first-order chi connectivity index (χ1) is 16.7. The number of fused-ring (bicyclic) bond motifs is 1. The molecule has 0 N–H and O–H groups in total. The molecule has 0 unspecified atom stereocenters. The Labute approximate surface area is 201 Å². The molecular weight excluding hydrogens is 420 g/mol. The lowest BCUT2D eigenvalue weighted by Crippen LogP contribution is -2.26. The zero-order valence-electron chi connectivity index (χ0n) is 19.9. The van der Waals surface area contributed by atoms with Crippen molar-refractivity contribution in [3.05, 3.63) is 89.6 Å². The quantitative estimate of drug-likeness (QED) is 0.257. The number of unbranched alkanes of at least 4 members (excludes halogenated alkanes) is 4. The average molecular weight is 453 g/mol. The zero-order chi connectivity index (χ0) is 23.6. The summed E-state index contributed by atoms with van der Waals surface area (Å²) in [5, 5.41) is 18.8. The van der Waals surface area contributed by atoms with Crippen molar-refractivity contribution in [2.24, 2.45) is 0 Å². The predicted octanol–water partition coefficient (Wildman–Crippen LogP) is 5.72. The third kappa shape index (κ3) is 6.49. The van der Waals surface area contributed by atoms with Crippen LogP contribution in [-0.4, -0.2) is 31.2 Å². The summed E-state index contributed by atoms with van der Waals surface area (Å²) in [5.41, 5.74) is 3.91. The van der Waals surface area contributed by atoms with Crippen molar-refractivity contribution in [3.63, 3.8) is 0 Å². The summed E-state index contributed by atoms with van der Waals surface area (Å²) < 4.78 is 2.10. The van der Waals surface area contributed by atoms with E-state index in [1.165, 1.54) is 31.1 Å². The molecule has 0 aliphatic heterocycles. The first-order valence-corrected chi connectivity index (χ1v) is 12.2. The summed E-state index contributed by atoms with van der Waals surface area (Å²) in [7, 11) is 0. The minimum Gasteiger partial charge on any atom is -0.312 e. The molecule has 2 heterocycles. The van der Waals surface area contributed by atoms with Crippen LogP contribution in [0.2, 0.25) is 0 Å². The van der Waals surface area contributed by atoms with E-state index in [1.54, 1.807) is 6.33 Å². The van der Waals surface area contributed by atoms with E-state index < -0.39 is 0 Å². The first-order valence-electron chi connectivity index (χ1n) is 12.2. The fourth-order valence-electron chi connectivity index (χ4n) is 4.19. The Bertz CT molecular complexity index is 1220. The van der Waals surface area contributed by atoms with Gasteiger partial charge in [0.2, 0.25) is 0 Å². The summed E-state index contributed by atoms with van der Waals surface area (Å²) >= 11 is 0. The van der Waals surface area contributed by atoms with Crippen molar-refractivity contribution in [2.75, 3.05) is 6.54 Å². The number of pyridine rings is 1. The van der Waals surface area contributed by atoms with Crippen LogP contribution in [0.25, 0.3) is 10.9 Å². The highest BCUT2D eigenvalue weighted by Crippen LogP contribution is 2.16. The number of nitriles is 1. The lowest BCUT2D eigenvalue weighted by atomic mass is 10.1. The zero-order valence-corrected chi connectivity index (χ0v) is 19.9. The minimum absolute atomic E-state index is 0.671. The molecule has 2 aromatic carbocycles. The van der Waals surface area contributed by atoms with Gasteiger partial charge in [0.1, 0.15) is 12.2 Å². The van der Waals surface area contributed by atoms with E-state index >= 15 is 0 Å². The van der Waals surface area contributed by atoms with Gasteiger partial charge in [-0.3, -0.25) is 9.88 Å². The molecule has 174 valence electrons. The number of para-hydroxylation sites is 1. The molecule has 0 radical (unpaired) electrons. The molecule has 0 atom stereocenters. The largest absolute Gasteiger partial charge is 0.312 e. The summed E-state index contributed by atoms with van der Waals surface area (Å²) in [6, 6.07) is 22.4. The smallest absolute Gasteiger partial charge is 0.147 e.